The third-order valence-electron chi connectivity index (χ3n) is 5.65. The van der Waals surface area contributed by atoms with Crippen molar-refractivity contribution in [3.63, 3.8) is 0 Å². The molecule has 1 aromatic heterocycles. The molecule has 0 bridgehead atoms. The maximum Gasteiger partial charge on any atom is 0.269 e. The number of nitrogens with zero attached hydrogens (tertiary/aromatic N) is 2. The quantitative estimate of drug-likeness (QED) is 0.560. The number of hydrazine groups is 1. The van der Waals surface area contributed by atoms with Gasteiger partial charge in [0.2, 0.25) is 5.91 Å². The van der Waals surface area contributed by atoms with Gasteiger partial charge in [0.1, 0.15) is 12.4 Å². The fourth-order valence-corrected chi connectivity index (χ4v) is 3.45. The molecule has 0 aliphatic heterocycles. The van der Waals surface area contributed by atoms with Crippen LogP contribution in [0.5, 0.6) is 5.75 Å². The highest BCUT2D eigenvalue weighted by atomic mass is 16.5. The fraction of sp³-hybridized carbons (Fsp3) is 0.346. The van der Waals surface area contributed by atoms with Crippen LogP contribution in [0.15, 0.2) is 48.5 Å². The van der Waals surface area contributed by atoms with Gasteiger partial charge in [0.05, 0.1) is 12.1 Å². The highest BCUT2D eigenvalue weighted by Crippen LogP contribution is 2.24. The number of aromatic nitrogens is 2. The Labute approximate surface area is 195 Å². The summed E-state index contributed by atoms with van der Waals surface area (Å²) < 4.78 is 7.59. The van der Waals surface area contributed by atoms with E-state index in [9.17, 15) is 9.59 Å². The average molecular weight is 449 g/mol. The van der Waals surface area contributed by atoms with Crippen LogP contribution in [-0.2, 0) is 30.3 Å². The molecule has 3 aromatic rings. The van der Waals surface area contributed by atoms with Crippen LogP contribution in [0.25, 0.3) is 0 Å². The van der Waals surface area contributed by atoms with Crippen LogP contribution in [0.4, 0.5) is 0 Å². The van der Waals surface area contributed by atoms with Crippen LogP contribution in [0.3, 0.4) is 0 Å². The predicted octanol–water partition coefficient (Wildman–Crippen LogP) is 3.92. The molecule has 1 heterocycles. The molecule has 7 heteroatoms. The number of ether oxygens (including phenoxy) is 1. The first-order valence-electron chi connectivity index (χ1n) is 10.9. The normalized spacial score (nSPS) is 11.2. The van der Waals surface area contributed by atoms with Crippen molar-refractivity contribution in [2.24, 2.45) is 7.05 Å². The van der Waals surface area contributed by atoms with Crippen molar-refractivity contribution in [2.45, 2.75) is 53.1 Å². The number of hydrogen-bond donors (Lipinski definition) is 2. The van der Waals surface area contributed by atoms with Crippen molar-refractivity contribution in [1.82, 2.24) is 20.6 Å². The van der Waals surface area contributed by atoms with E-state index in [0.717, 1.165) is 28.3 Å². The lowest BCUT2D eigenvalue weighted by Crippen LogP contribution is -2.42. The molecular weight excluding hydrogens is 416 g/mol. The summed E-state index contributed by atoms with van der Waals surface area (Å²) in [6.45, 7) is 10.7. The molecule has 0 saturated heterocycles. The second-order valence-corrected chi connectivity index (χ2v) is 9.21. The number of hydrogen-bond acceptors (Lipinski definition) is 4. The number of benzene rings is 2. The van der Waals surface area contributed by atoms with E-state index in [2.05, 4.69) is 48.9 Å². The van der Waals surface area contributed by atoms with Crippen LogP contribution in [0.2, 0.25) is 0 Å². The summed E-state index contributed by atoms with van der Waals surface area (Å²) in [5.41, 5.74) is 10.3. The lowest BCUT2D eigenvalue weighted by molar-refractivity contribution is -0.121. The van der Waals surface area contributed by atoms with Gasteiger partial charge in [-0.3, -0.25) is 25.1 Å². The van der Waals surface area contributed by atoms with Crippen molar-refractivity contribution in [3.05, 3.63) is 82.2 Å². The van der Waals surface area contributed by atoms with Gasteiger partial charge in [-0.2, -0.15) is 5.10 Å². The van der Waals surface area contributed by atoms with Crippen molar-refractivity contribution in [2.75, 3.05) is 0 Å². The summed E-state index contributed by atoms with van der Waals surface area (Å²) in [5.74, 6) is 0.116. The summed E-state index contributed by atoms with van der Waals surface area (Å²) in [6.07, 6.45) is 0.152. The molecule has 0 unspecified atom stereocenters. The molecule has 33 heavy (non-hydrogen) atoms. The summed E-state index contributed by atoms with van der Waals surface area (Å²) in [4.78, 5) is 24.6. The monoisotopic (exact) mass is 448 g/mol. The molecule has 0 atom stereocenters. The zero-order valence-electron chi connectivity index (χ0n) is 20.2. The molecule has 7 nitrogen and oxygen atoms in total. The zero-order valence-corrected chi connectivity index (χ0v) is 20.2. The lowest BCUT2D eigenvalue weighted by Gasteiger charge is -2.19. The minimum Gasteiger partial charge on any atom is -0.489 e. The van der Waals surface area contributed by atoms with Crippen molar-refractivity contribution in [1.29, 1.82) is 0 Å². The van der Waals surface area contributed by atoms with Gasteiger partial charge in [-0.1, -0.05) is 45.0 Å². The Morgan fingerprint density at radius 3 is 2.15 bits per heavy atom. The SMILES string of the molecule is Cc1nn(C)c(C)c1CC(=O)NNC(=O)c1ccc(COc2ccc(C(C)(C)C)cc2)cc1. The third-order valence-corrected chi connectivity index (χ3v) is 5.65. The van der Waals surface area contributed by atoms with Crippen molar-refractivity contribution in [3.8, 4) is 5.75 Å². The van der Waals surface area contributed by atoms with Crippen LogP contribution in [-0.4, -0.2) is 21.6 Å². The molecule has 0 saturated carbocycles. The van der Waals surface area contributed by atoms with Gasteiger partial charge in [0, 0.05) is 23.9 Å². The van der Waals surface area contributed by atoms with Gasteiger partial charge in [0.25, 0.3) is 5.91 Å². The van der Waals surface area contributed by atoms with E-state index in [4.69, 9.17) is 4.74 Å². The summed E-state index contributed by atoms with van der Waals surface area (Å²) in [5, 5.41) is 4.30. The molecule has 0 fully saturated rings. The largest absolute Gasteiger partial charge is 0.489 e. The van der Waals surface area contributed by atoms with Gasteiger partial charge < -0.3 is 4.74 Å². The number of amides is 2. The molecule has 0 aliphatic rings. The van der Waals surface area contributed by atoms with E-state index in [1.165, 1.54) is 5.56 Å². The average Bonchev–Trinajstić information content (AvgIpc) is 3.02. The smallest absolute Gasteiger partial charge is 0.269 e. The second-order valence-electron chi connectivity index (χ2n) is 9.21. The van der Waals surface area contributed by atoms with Gasteiger partial charge in [-0.25, -0.2) is 0 Å². The zero-order chi connectivity index (χ0) is 24.2. The topological polar surface area (TPSA) is 85.3 Å². The fourth-order valence-electron chi connectivity index (χ4n) is 3.45. The lowest BCUT2D eigenvalue weighted by atomic mass is 9.87. The molecule has 2 N–H and O–H groups in total. The molecule has 2 amide bonds. The standard InChI is InChI=1S/C26H32N4O3/c1-17-23(18(2)30(6)29-17)15-24(31)27-28-25(32)20-9-7-19(8-10-20)16-33-22-13-11-21(12-14-22)26(3,4)5/h7-14H,15-16H2,1-6H3,(H,27,31)(H,28,32). The van der Waals surface area contributed by atoms with Crippen molar-refractivity contribution < 1.29 is 14.3 Å². The molecule has 0 radical (unpaired) electrons. The van der Waals surface area contributed by atoms with Gasteiger partial charge in [-0.15, -0.1) is 0 Å². The third kappa shape index (κ3) is 6.22. The molecular formula is C26H32N4O3. The molecule has 0 spiro atoms. The number of aryl methyl sites for hydroxylation is 2. The maximum atomic E-state index is 12.4. The summed E-state index contributed by atoms with van der Waals surface area (Å²) in [7, 11) is 1.84. The Hall–Kier alpha value is -3.61. The van der Waals surface area contributed by atoms with Crippen LogP contribution in [0, 0.1) is 13.8 Å². The van der Waals surface area contributed by atoms with Crippen LogP contribution < -0.4 is 15.6 Å². The minimum absolute atomic E-state index is 0.102. The first kappa shape index (κ1) is 24.0. The maximum absolute atomic E-state index is 12.4. The first-order valence-corrected chi connectivity index (χ1v) is 10.9. The van der Waals surface area contributed by atoms with Crippen LogP contribution >= 0.6 is 0 Å². The number of carbonyl (C=O) groups excluding carboxylic acids is 2. The van der Waals surface area contributed by atoms with E-state index in [1.807, 2.05) is 45.2 Å². The molecule has 2 aromatic carbocycles. The van der Waals surface area contributed by atoms with Gasteiger partial charge in [0.15, 0.2) is 0 Å². The number of rotatable bonds is 6. The second kappa shape index (κ2) is 9.90. The highest BCUT2D eigenvalue weighted by molar-refractivity contribution is 5.95. The number of carbonyl (C=O) groups is 2. The van der Waals surface area contributed by atoms with Crippen LogP contribution in [0.1, 0.15) is 59.2 Å². The Kier molecular flexibility index (Phi) is 7.21. The molecule has 0 aliphatic carbocycles. The Morgan fingerprint density at radius 2 is 1.61 bits per heavy atom. The van der Waals surface area contributed by atoms with E-state index in [1.54, 1.807) is 16.8 Å². The van der Waals surface area contributed by atoms with E-state index < -0.39 is 0 Å². The molecule has 174 valence electrons. The van der Waals surface area contributed by atoms with E-state index in [-0.39, 0.29) is 23.7 Å². The first-order chi connectivity index (χ1) is 15.5. The summed E-state index contributed by atoms with van der Waals surface area (Å²) >= 11 is 0. The minimum atomic E-state index is -0.381. The van der Waals surface area contributed by atoms with Gasteiger partial charge in [-0.05, 0) is 54.7 Å². The number of nitrogens with one attached hydrogen (secondary N) is 2. The Morgan fingerprint density at radius 1 is 0.970 bits per heavy atom. The van der Waals surface area contributed by atoms with E-state index >= 15 is 0 Å². The summed E-state index contributed by atoms with van der Waals surface area (Å²) in [6, 6.07) is 15.2. The van der Waals surface area contributed by atoms with Gasteiger partial charge >= 0.3 is 0 Å². The van der Waals surface area contributed by atoms with Crippen molar-refractivity contribution >= 4 is 11.8 Å². The predicted molar refractivity (Wildman–Crippen MR) is 128 cm³/mol. The Bertz CT molecular complexity index is 1120. The highest BCUT2D eigenvalue weighted by Gasteiger charge is 2.15. The molecule has 3 rings (SSSR count). The van der Waals surface area contributed by atoms with E-state index in [0.29, 0.717) is 12.2 Å². The Balaban J connectivity index is 1.49.